The van der Waals surface area contributed by atoms with Gasteiger partial charge in [-0.1, -0.05) is 0 Å². The molecule has 1 N–H and O–H groups in total. The number of benzene rings is 1. The molecule has 40 heavy (non-hydrogen) atoms. The molecule has 1 atom stereocenters. The summed E-state index contributed by atoms with van der Waals surface area (Å²) in [5.41, 5.74) is 1.12. The van der Waals surface area contributed by atoms with Crippen LogP contribution in [-0.2, 0) is 56.3 Å². The zero-order valence-corrected chi connectivity index (χ0v) is 25.4. The number of carbonyl (C=O) groups is 2. The molecule has 0 bridgehead atoms. The topological polar surface area (TPSA) is 172 Å². The molecule has 2 rings (SSSR count). The Bertz CT molecular complexity index is 1360. The Morgan fingerprint density at radius 1 is 1.05 bits per heavy atom. The largest absolute Gasteiger partial charge is 0.464 e. The van der Waals surface area contributed by atoms with E-state index in [4.69, 9.17) is 17.8 Å². The van der Waals surface area contributed by atoms with Gasteiger partial charge in [-0.3, -0.25) is 8.37 Å². The number of aryl methyl sites for hydroxylation is 1. The average molecular weight is 607 g/mol. The van der Waals surface area contributed by atoms with Gasteiger partial charge in [0.05, 0.1) is 43.4 Å². The maximum Gasteiger partial charge on any atom is 0.408 e. The summed E-state index contributed by atoms with van der Waals surface area (Å²) in [6.07, 6.45) is 1.13. The van der Waals surface area contributed by atoms with Crippen LogP contribution < -0.4 is 10.2 Å². The first-order chi connectivity index (χ1) is 18.4. The molecule has 14 nitrogen and oxygen atoms in total. The number of hydrogen-bond acceptors (Lipinski definition) is 12. The lowest BCUT2D eigenvalue weighted by atomic mass is 10.2. The van der Waals surface area contributed by atoms with Crippen LogP contribution in [0.3, 0.4) is 0 Å². The van der Waals surface area contributed by atoms with Crippen LogP contribution in [0.25, 0.3) is 11.0 Å². The van der Waals surface area contributed by atoms with Crippen molar-refractivity contribution in [1.82, 2.24) is 14.9 Å². The zero-order valence-electron chi connectivity index (χ0n) is 23.8. The Hall–Kier alpha value is -2.95. The van der Waals surface area contributed by atoms with Crippen LogP contribution in [-0.4, -0.2) is 95.5 Å². The third kappa shape index (κ3) is 11.3. The summed E-state index contributed by atoms with van der Waals surface area (Å²) in [6.45, 7) is 6.82. The van der Waals surface area contributed by atoms with Crippen LogP contribution in [0.1, 0.15) is 33.5 Å². The monoisotopic (exact) mass is 606 g/mol. The molecule has 0 saturated heterocycles. The van der Waals surface area contributed by atoms with Crippen LogP contribution >= 0.6 is 0 Å². The molecule has 2 aromatic rings. The Morgan fingerprint density at radius 3 is 2.12 bits per heavy atom. The predicted octanol–water partition coefficient (Wildman–Crippen LogP) is 1.33. The van der Waals surface area contributed by atoms with Crippen molar-refractivity contribution in [2.24, 2.45) is 7.05 Å². The Balaban J connectivity index is 2.33. The van der Waals surface area contributed by atoms with Crippen LogP contribution in [0.4, 0.5) is 10.5 Å². The molecule has 1 aromatic heterocycles. The van der Waals surface area contributed by atoms with Crippen molar-refractivity contribution in [1.29, 1.82) is 0 Å². The van der Waals surface area contributed by atoms with Gasteiger partial charge in [0.25, 0.3) is 20.2 Å². The van der Waals surface area contributed by atoms with Gasteiger partial charge in [0.15, 0.2) is 0 Å². The number of alkyl carbamates (subject to hydrolysis) is 1. The standard InChI is InChI=1S/C24H38N4O10S2/c1-8-35-22(29)19(26-23(30)38-24(2,3)4)16-21-25-18-15-17(9-10-20(18)27(21)5)28(11-13-36-39(6,31)32)12-14-37-40(7,33)34/h9-10,15,19H,8,11-14,16H2,1-7H3,(H,26,30)/t19-/m0/s1. The van der Waals surface area contributed by atoms with E-state index in [0.717, 1.165) is 18.0 Å². The van der Waals surface area contributed by atoms with Gasteiger partial charge in [0.2, 0.25) is 0 Å². The normalized spacial score (nSPS) is 13.2. The van der Waals surface area contributed by atoms with Crippen LogP contribution in [0.5, 0.6) is 0 Å². The maximum atomic E-state index is 12.6. The van der Waals surface area contributed by atoms with E-state index in [-0.39, 0.29) is 39.3 Å². The van der Waals surface area contributed by atoms with E-state index in [1.54, 1.807) is 62.4 Å². The Kier molecular flexibility index (Phi) is 11.3. The van der Waals surface area contributed by atoms with Crippen molar-refractivity contribution in [3.63, 3.8) is 0 Å². The minimum absolute atomic E-state index is 0.0205. The summed E-state index contributed by atoms with van der Waals surface area (Å²) in [6, 6.07) is 4.23. The molecule has 0 aliphatic heterocycles. The first-order valence-electron chi connectivity index (χ1n) is 12.4. The number of anilines is 1. The van der Waals surface area contributed by atoms with Gasteiger partial charge < -0.3 is 24.3 Å². The molecule has 0 radical (unpaired) electrons. The second kappa shape index (κ2) is 13.6. The van der Waals surface area contributed by atoms with Gasteiger partial charge >= 0.3 is 12.1 Å². The maximum absolute atomic E-state index is 12.6. The molecule has 16 heteroatoms. The van der Waals surface area contributed by atoms with Gasteiger partial charge in [-0.15, -0.1) is 0 Å². The van der Waals surface area contributed by atoms with Crippen LogP contribution in [0.15, 0.2) is 18.2 Å². The number of nitrogens with one attached hydrogen (secondary N) is 1. The highest BCUT2D eigenvalue weighted by molar-refractivity contribution is 7.86. The van der Waals surface area contributed by atoms with Crippen molar-refractivity contribution in [2.45, 2.75) is 45.8 Å². The van der Waals surface area contributed by atoms with Gasteiger partial charge in [-0.25, -0.2) is 14.6 Å². The lowest BCUT2D eigenvalue weighted by molar-refractivity contribution is -0.145. The quantitative estimate of drug-likeness (QED) is 0.242. The summed E-state index contributed by atoms with van der Waals surface area (Å²) in [5, 5.41) is 2.56. The number of amides is 1. The second-order valence-corrected chi connectivity index (χ2v) is 13.2. The third-order valence-corrected chi connectivity index (χ3v) is 6.48. The molecule has 0 aliphatic rings. The number of nitrogens with zero attached hydrogens (tertiary/aromatic N) is 3. The average Bonchev–Trinajstić information content (AvgIpc) is 3.09. The molecule has 0 fully saturated rings. The molecule has 0 unspecified atom stereocenters. The van der Waals surface area contributed by atoms with Crippen LogP contribution in [0, 0.1) is 0 Å². The van der Waals surface area contributed by atoms with Gasteiger partial charge in [0.1, 0.15) is 17.5 Å². The fourth-order valence-electron chi connectivity index (χ4n) is 3.65. The zero-order chi connectivity index (χ0) is 30.3. The minimum atomic E-state index is -3.67. The molecular weight excluding hydrogens is 568 g/mol. The molecule has 0 saturated carbocycles. The lowest BCUT2D eigenvalue weighted by Crippen LogP contribution is -2.45. The van der Waals surface area contributed by atoms with Crippen molar-refractivity contribution < 1.29 is 44.3 Å². The Morgan fingerprint density at radius 2 is 1.62 bits per heavy atom. The smallest absolute Gasteiger partial charge is 0.408 e. The minimum Gasteiger partial charge on any atom is -0.464 e. The first-order valence-corrected chi connectivity index (χ1v) is 16.1. The van der Waals surface area contributed by atoms with Crippen molar-refractivity contribution in [3.8, 4) is 0 Å². The number of carbonyl (C=O) groups excluding carboxylic acids is 2. The van der Waals surface area contributed by atoms with E-state index in [9.17, 15) is 26.4 Å². The summed E-state index contributed by atoms with van der Waals surface area (Å²) in [4.78, 5) is 31.3. The second-order valence-electron chi connectivity index (χ2n) is 9.95. The lowest BCUT2D eigenvalue weighted by Gasteiger charge is -2.24. The fraction of sp³-hybridized carbons (Fsp3) is 0.625. The van der Waals surface area contributed by atoms with Gasteiger partial charge in [-0.05, 0) is 45.9 Å². The highest BCUT2D eigenvalue weighted by atomic mass is 32.2. The molecule has 1 aromatic carbocycles. The highest BCUT2D eigenvalue weighted by Gasteiger charge is 2.27. The highest BCUT2D eigenvalue weighted by Crippen LogP contribution is 2.23. The molecule has 1 heterocycles. The van der Waals surface area contributed by atoms with E-state index in [0.29, 0.717) is 17.0 Å². The summed E-state index contributed by atoms with van der Waals surface area (Å²) in [5.74, 6) is -0.155. The van der Waals surface area contributed by atoms with Crippen LogP contribution in [0.2, 0.25) is 0 Å². The Labute approximate surface area is 235 Å². The molecule has 0 aliphatic carbocycles. The number of rotatable bonds is 14. The number of fused-ring (bicyclic) bond motifs is 1. The van der Waals surface area contributed by atoms with Gasteiger partial charge in [-0.2, -0.15) is 16.8 Å². The number of esters is 1. The van der Waals surface area contributed by atoms with Crippen molar-refractivity contribution in [2.75, 3.05) is 50.3 Å². The first kappa shape index (κ1) is 33.3. The fourth-order valence-corrected chi connectivity index (χ4v) is 4.41. The van der Waals surface area contributed by atoms with E-state index >= 15 is 0 Å². The predicted molar refractivity (Wildman–Crippen MR) is 148 cm³/mol. The third-order valence-electron chi connectivity index (χ3n) is 5.29. The molecule has 226 valence electrons. The SMILES string of the molecule is CCOC(=O)[C@H](Cc1nc2cc(N(CCOS(C)(=O)=O)CCOS(C)(=O)=O)ccc2n1C)NC(=O)OC(C)(C)C. The molecule has 0 spiro atoms. The van der Waals surface area contributed by atoms with E-state index in [1.807, 2.05) is 0 Å². The summed E-state index contributed by atoms with van der Waals surface area (Å²) < 4.78 is 67.5. The molecule has 1 amide bonds. The van der Waals surface area contributed by atoms with E-state index in [1.165, 1.54) is 0 Å². The number of aromatic nitrogens is 2. The van der Waals surface area contributed by atoms with E-state index < -0.39 is 43.9 Å². The summed E-state index contributed by atoms with van der Waals surface area (Å²) in [7, 11) is -5.58. The van der Waals surface area contributed by atoms with E-state index in [2.05, 4.69) is 10.3 Å². The number of ether oxygens (including phenoxy) is 2. The number of imidazole rings is 1. The summed E-state index contributed by atoms with van der Waals surface area (Å²) >= 11 is 0. The van der Waals surface area contributed by atoms with Gasteiger partial charge in [0, 0.05) is 32.2 Å². The molecular formula is C24H38N4O10S2. The number of hydrogen-bond donors (Lipinski definition) is 1. The van der Waals surface area contributed by atoms with Crippen molar-refractivity contribution in [3.05, 3.63) is 24.0 Å². The van der Waals surface area contributed by atoms with Crippen molar-refractivity contribution >= 4 is 49.0 Å².